The Kier molecular flexibility index (Phi) is 5.04. The maximum atomic E-state index is 11.2. The van der Waals surface area contributed by atoms with Crippen LogP contribution in [0.5, 0.6) is 0 Å². The second-order valence-corrected chi connectivity index (χ2v) is 4.13. The molecule has 80 valence electrons. The number of nitrogens with one attached hydrogen (secondary N) is 1. The lowest BCUT2D eigenvalue weighted by Crippen LogP contribution is -2.32. The van der Waals surface area contributed by atoms with E-state index in [0.29, 0.717) is 0 Å². The van der Waals surface area contributed by atoms with Crippen LogP contribution in [0, 0.1) is 13.8 Å². The van der Waals surface area contributed by atoms with Crippen molar-refractivity contribution in [2.24, 2.45) is 5.73 Å². The van der Waals surface area contributed by atoms with Gasteiger partial charge in [0.15, 0.2) is 0 Å². The number of aryl methyl sites for hydroxylation is 2. The van der Waals surface area contributed by atoms with Crippen LogP contribution in [0.4, 0.5) is 5.00 Å². The highest BCUT2D eigenvalue weighted by molar-refractivity contribution is 7.16. The van der Waals surface area contributed by atoms with Crippen LogP contribution < -0.4 is 11.1 Å². The van der Waals surface area contributed by atoms with E-state index in [0.717, 1.165) is 15.7 Å². The summed E-state index contributed by atoms with van der Waals surface area (Å²) in [4.78, 5) is 15.4. The van der Waals surface area contributed by atoms with Crippen molar-refractivity contribution in [3.05, 3.63) is 10.7 Å². The molecule has 4 nitrogen and oxygen atoms in total. The van der Waals surface area contributed by atoms with Gasteiger partial charge < -0.3 is 11.1 Å². The normalized spacial score (nSPS) is 11.7. The topological polar surface area (TPSA) is 68.0 Å². The minimum Gasteiger partial charge on any atom is -0.320 e. The standard InChI is InChI=1S/C8H13N3OS.ClH/c1-4(9)7(12)11-8-5(2)10-6(3)13-8;/h4H,9H2,1-3H3,(H,11,12);1H. The van der Waals surface area contributed by atoms with Crippen molar-refractivity contribution in [1.29, 1.82) is 0 Å². The van der Waals surface area contributed by atoms with Gasteiger partial charge in [-0.25, -0.2) is 4.98 Å². The number of nitrogens with two attached hydrogens (primary N) is 1. The summed E-state index contributed by atoms with van der Waals surface area (Å²) in [7, 11) is 0. The lowest BCUT2D eigenvalue weighted by molar-refractivity contribution is -0.117. The highest BCUT2D eigenvalue weighted by Crippen LogP contribution is 2.22. The van der Waals surface area contributed by atoms with Crippen molar-refractivity contribution in [1.82, 2.24) is 4.98 Å². The third-order valence-corrected chi connectivity index (χ3v) is 2.54. The maximum absolute atomic E-state index is 11.2. The molecule has 0 saturated heterocycles. The lowest BCUT2D eigenvalue weighted by atomic mass is 10.3. The molecule has 1 aromatic heterocycles. The van der Waals surface area contributed by atoms with E-state index in [-0.39, 0.29) is 18.3 Å². The Bertz CT molecular complexity index is 324. The van der Waals surface area contributed by atoms with Crippen molar-refractivity contribution in [2.75, 3.05) is 5.32 Å². The molecular weight excluding hydrogens is 222 g/mol. The summed E-state index contributed by atoms with van der Waals surface area (Å²) in [5.41, 5.74) is 6.26. The predicted molar refractivity (Wildman–Crippen MR) is 61.1 cm³/mol. The van der Waals surface area contributed by atoms with E-state index in [9.17, 15) is 4.79 Å². The molecule has 1 amide bonds. The van der Waals surface area contributed by atoms with Crippen LogP contribution >= 0.6 is 23.7 Å². The van der Waals surface area contributed by atoms with Crippen LogP contribution in [0.1, 0.15) is 17.6 Å². The lowest BCUT2D eigenvalue weighted by Gasteiger charge is -2.05. The van der Waals surface area contributed by atoms with Crippen LogP contribution in [0.25, 0.3) is 0 Å². The second-order valence-electron chi connectivity index (χ2n) is 2.93. The molecule has 0 aliphatic rings. The number of rotatable bonds is 2. The number of hydrogen-bond donors (Lipinski definition) is 2. The average molecular weight is 236 g/mol. The Morgan fingerprint density at radius 1 is 1.57 bits per heavy atom. The van der Waals surface area contributed by atoms with Crippen molar-refractivity contribution in [2.45, 2.75) is 26.8 Å². The van der Waals surface area contributed by atoms with Crippen LogP contribution in [-0.2, 0) is 4.79 Å². The minimum absolute atomic E-state index is 0. The second kappa shape index (κ2) is 5.29. The van der Waals surface area contributed by atoms with Gasteiger partial charge in [0.1, 0.15) is 5.00 Å². The highest BCUT2D eigenvalue weighted by Gasteiger charge is 2.11. The highest BCUT2D eigenvalue weighted by atomic mass is 35.5. The third kappa shape index (κ3) is 3.25. The summed E-state index contributed by atoms with van der Waals surface area (Å²) in [5.74, 6) is -0.174. The summed E-state index contributed by atoms with van der Waals surface area (Å²) < 4.78 is 0. The van der Waals surface area contributed by atoms with Gasteiger partial charge in [-0.1, -0.05) is 0 Å². The monoisotopic (exact) mass is 235 g/mol. The summed E-state index contributed by atoms with van der Waals surface area (Å²) in [5, 5.41) is 4.46. The predicted octanol–water partition coefficient (Wildman–Crippen LogP) is 1.47. The zero-order chi connectivity index (χ0) is 10.0. The largest absolute Gasteiger partial charge is 0.320 e. The Labute approximate surface area is 93.3 Å². The van der Waals surface area contributed by atoms with Crippen molar-refractivity contribution in [3.8, 4) is 0 Å². The Hall–Kier alpha value is -0.650. The fourth-order valence-corrected chi connectivity index (χ4v) is 1.70. The molecule has 0 saturated carbocycles. The van der Waals surface area contributed by atoms with Crippen LogP contribution in [0.15, 0.2) is 0 Å². The molecule has 0 aliphatic heterocycles. The molecule has 1 aromatic rings. The zero-order valence-corrected chi connectivity index (χ0v) is 9.96. The molecule has 1 rings (SSSR count). The van der Waals surface area contributed by atoms with E-state index in [2.05, 4.69) is 10.3 Å². The third-order valence-electron chi connectivity index (χ3n) is 1.55. The smallest absolute Gasteiger partial charge is 0.241 e. The van der Waals surface area contributed by atoms with E-state index >= 15 is 0 Å². The van der Waals surface area contributed by atoms with Crippen molar-refractivity contribution >= 4 is 34.7 Å². The summed E-state index contributed by atoms with van der Waals surface area (Å²) >= 11 is 1.46. The molecule has 1 heterocycles. The fourth-order valence-electron chi connectivity index (χ4n) is 0.873. The first kappa shape index (κ1) is 13.4. The number of aromatic nitrogens is 1. The van der Waals surface area contributed by atoms with Crippen LogP contribution in [0.2, 0.25) is 0 Å². The first-order valence-electron chi connectivity index (χ1n) is 4.01. The summed E-state index contributed by atoms with van der Waals surface area (Å²) in [6.07, 6.45) is 0. The van der Waals surface area contributed by atoms with E-state index in [1.165, 1.54) is 11.3 Å². The van der Waals surface area contributed by atoms with E-state index in [4.69, 9.17) is 5.73 Å². The van der Waals surface area contributed by atoms with Crippen molar-refractivity contribution in [3.63, 3.8) is 0 Å². The van der Waals surface area contributed by atoms with Crippen molar-refractivity contribution < 1.29 is 4.79 Å². The van der Waals surface area contributed by atoms with Gasteiger partial charge in [0.25, 0.3) is 0 Å². The first-order chi connectivity index (χ1) is 6.00. The number of carbonyl (C=O) groups excluding carboxylic acids is 1. The van der Waals surface area contributed by atoms with Gasteiger partial charge in [-0.05, 0) is 20.8 Å². The van der Waals surface area contributed by atoms with Gasteiger partial charge in [0.2, 0.25) is 5.91 Å². The zero-order valence-electron chi connectivity index (χ0n) is 8.33. The van der Waals surface area contributed by atoms with Gasteiger partial charge in [0, 0.05) is 0 Å². The summed E-state index contributed by atoms with van der Waals surface area (Å²) in [6, 6.07) is -0.484. The first-order valence-corrected chi connectivity index (χ1v) is 4.83. The molecule has 0 spiro atoms. The molecular formula is C8H14ClN3OS. The number of carbonyl (C=O) groups is 1. The number of nitrogens with zero attached hydrogens (tertiary/aromatic N) is 1. The molecule has 0 bridgehead atoms. The van der Waals surface area contributed by atoms with E-state index in [1.54, 1.807) is 6.92 Å². The van der Waals surface area contributed by atoms with Crippen LogP contribution in [0.3, 0.4) is 0 Å². The number of thiazole rings is 1. The number of anilines is 1. The van der Waals surface area contributed by atoms with Gasteiger partial charge in [-0.15, -0.1) is 23.7 Å². The fraction of sp³-hybridized carbons (Fsp3) is 0.500. The Morgan fingerprint density at radius 2 is 2.14 bits per heavy atom. The van der Waals surface area contributed by atoms with Gasteiger partial charge in [-0.3, -0.25) is 4.79 Å². The number of hydrogen-bond acceptors (Lipinski definition) is 4. The Morgan fingerprint density at radius 3 is 2.50 bits per heavy atom. The molecule has 0 aromatic carbocycles. The maximum Gasteiger partial charge on any atom is 0.241 e. The summed E-state index contributed by atoms with van der Waals surface area (Å²) in [6.45, 7) is 5.41. The molecule has 1 atom stereocenters. The van der Waals surface area contributed by atoms with Gasteiger partial charge in [-0.2, -0.15) is 0 Å². The molecule has 0 radical (unpaired) electrons. The van der Waals surface area contributed by atoms with Gasteiger partial charge >= 0.3 is 0 Å². The quantitative estimate of drug-likeness (QED) is 0.816. The molecule has 6 heteroatoms. The van der Waals surface area contributed by atoms with Gasteiger partial charge in [0.05, 0.1) is 16.7 Å². The molecule has 14 heavy (non-hydrogen) atoms. The van der Waals surface area contributed by atoms with E-state index < -0.39 is 6.04 Å². The number of halogens is 1. The molecule has 0 aliphatic carbocycles. The average Bonchev–Trinajstić information content (AvgIpc) is 2.30. The minimum atomic E-state index is -0.484. The van der Waals surface area contributed by atoms with Crippen LogP contribution in [-0.4, -0.2) is 16.9 Å². The van der Waals surface area contributed by atoms with E-state index in [1.807, 2.05) is 13.8 Å². The molecule has 1 unspecified atom stereocenters. The molecule has 0 fully saturated rings. The SMILES string of the molecule is Cc1nc(C)c(NC(=O)C(C)N)s1.Cl. The number of amides is 1. The Balaban J connectivity index is 0.00000169. The molecule has 3 N–H and O–H groups in total.